The molecular weight excluding hydrogens is 450 g/mol. The Bertz CT molecular complexity index is 1370. The second-order valence-corrected chi connectivity index (χ2v) is 9.28. The van der Waals surface area contributed by atoms with Gasteiger partial charge in [-0.25, -0.2) is 4.79 Å². The molecule has 1 aromatic heterocycles. The van der Waals surface area contributed by atoms with Gasteiger partial charge in [-0.1, -0.05) is 56.3 Å². The van der Waals surface area contributed by atoms with Crippen LogP contribution in [0.4, 0.5) is 10.5 Å². The maximum Gasteiger partial charge on any atom is 0.322 e. The van der Waals surface area contributed by atoms with Gasteiger partial charge in [-0.2, -0.15) is 0 Å². The van der Waals surface area contributed by atoms with Crippen molar-refractivity contribution in [2.45, 2.75) is 32.4 Å². The predicted octanol–water partition coefficient (Wildman–Crippen LogP) is 6.76. The summed E-state index contributed by atoms with van der Waals surface area (Å²) in [5, 5.41) is 3.09. The second-order valence-electron chi connectivity index (χ2n) is 9.28. The Morgan fingerprint density at radius 2 is 1.67 bits per heavy atom. The number of ether oxygens (including phenoxy) is 2. The number of rotatable bonds is 5. The third-order valence-corrected chi connectivity index (χ3v) is 6.78. The van der Waals surface area contributed by atoms with Crippen molar-refractivity contribution < 1.29 is 14.3 Å². The van der Waals surface area contributed by atoms with E-state index < -0.39 is 0 Å². The van der Waals surface area contributed by atoms with E-state index >= 15 is 0 Å². The number of nitrogens with one attached hydrogen (secondary N) is 1. The second kappa shape index (κ2) is 9.82. The lowest BCUT2D eigenvalue weighted by molar-refractivity contribution is 0.194. The number of anilines is 1. The molecule has 3 aromatic carbocycles. The number of amides is 2. The normalized spacial score (nSPS) is 14.6. The number of para-hydroxylation sites is 1. The SMILES string of the molecule is COc1ccc(NC(=O)N2Cc3ccccc3-n3cccc3[C@@H]2c2ccc(C(C)C)cc2)cc1OC. The van der Waals surface area contributed by atoms with Crippen LogP contribution in [0.1, 0.15) is 48.2 Å². The number of fused-ring (bicyclic) bond motifs is 3. The van der Waals surface area contributed by atoms with Crippen LogP contribution in [0.5, 0.6) is 11.5 Å². The number of urea groups is 1. The highest BCUT2D eigenvalue weighted by atomic mass is 16.5. The van der Waals surface area contributed by atoms with Crippen LogP contribution in [-0.2, 0) is 6.54 Å². The molecular formula is C30H31N3O3. The fourth-order valence-corrected chi connectivity index (χ4v) is 4.86. The molecule has 6 heteroatoms. The number of benzene rings is 3. The molecule has 6 nitrogen and oxygen atoms in total. The molecule has 2 amide bonds. The van der Waals surface area contributed by atoms with Gasteiger partial charge in [0.1, 0.15) is 0 Å². The number of aromatic nitrogens is 1. The monoisotopic (exact) mass is 481 g/mol. The van der Waals surface area contributed by atoms with Crippen molar-refractivity contribution in [3.63, 3.8) is 0 Å². The number of methoxy groups -OCH3 is 2. The fourth-order valence-electron chi connectivity index (χ4n) is 4.86. The van der Waals surface area contributed by atoms with Gasteiger partial charge in [0.2, 0.25) is 0 Å². The molecule has 0 bridgehead atoms. The van der Waals surface area contributed by atoms with Crippen LogP contribution in [0.25, 0.3) is 5.69 Å². The van der Waals surface area contributed by atoms with Gasteiger partial charge in [-0.3, -0.25) is 0 Å². The Morgan fingerprint density at radius 1 is 0.917 bits per heavy atom. The first-order valence-corrected chi connectivity index (χ1v) is 12.1. The minimum absolute atomic E-state index is 0.190. The van der Waals surface area contributed by atoms with Crippen molar-refractivity contribution >= 4 is 11.7 Å². The molecule has 0 aliphatic carbocycles. The van der Waals surface area contributed by atoms with E-state index in [2.05, 4.69) is 72.4 Å². The third kappa shape index (κ3) is 4.31. The lowest BCUT2D eigenvalue weighted by atomic mass is 9.97. The molecule has 184 valence electrons. The van der Waals surface area contributed by atoms with Crippen LogP contribution in [0, 0.1) is 0 Å². The molecule has 0 saturated carbocycles. The van der Waals surface area contributed by atoms with Crippen molar-refractivity contribution in [3.05, 3.63) is 107 Å². The van der Waals surface area contributed by atoms with Crippen molar-refractivity contribution in [1.29, 1.82) is 0 Å². The number of carbonyl (C=O) groups excluding carboxylic acids is 1. The molecule has 2 heterocycles. The van der Waals surface area contributed by atoms with E-state index in [1.807, 2.05) is 29.2 Å². The molecule has 4 aromatic rings. The van der Waals surface area contributed by atoms with Crippen LogP contribution in [0.3, 0.4) is 0 Å². The van der Waals surface area contributed by atoms with E-state index in [9.17, 15) is 4.79 Å². The van der Waals surface area contributed by atoms with E-state index in [0.717, 1.165) is 22.5 Å². The zero-order valence-electron chi connectivity index (χ0n) is 21.1. The van der Waals surface area contributed by atoms with E-state index in [4.69, 9.17) is 9.47 Å². The standard InChI is InChI=1S/C30H31N3O3/c1-20(2)21-11-13-22(14-12-21)29-26-10-7-17-32(26)25-9-6-5-8-23(25)19-33(29)30(34)31-24-15-16-27(35-3)28(18-24)36-4/h5-18,20,29H,19H2,1-4H3,(H,31,34)/t29-/m0/s1. The van der Waals surface area contributed by atoms with Gasteiger partial charge in [0, 0.05) is 23.6 Å². The minimum atomic E-state index is -0.270. The average Bonchev–Trinajstić information content (AvgIpc) is 3.32. The topological polar surface area (TPSA) is 55.7 Å². The third-order valence-electron chi connectivity index (χ3n) is 6.78. The predicted molar refractivity (Wildman–Crippen MR) is 142 cm³/mol. The zero-order valence-corrected chi connectivity index (χ0v) is 21.1. The number of carbonyl (C=O) groups is 1. The summed E-state index contributed by atoms with van der Waals surface area (Å²) in [5.41, 5.74) is 6.18. The quantitative estimate of drug-likeness (QED) is 0.343. The zero-order chi connectivity index (χ0) is 25.2. The minimum Gasteiger partial charge on any atom is -0.493 e. The lowest BCUT2D eigenvalue weighted by Crippen LogP contribution is -2.37. The smallest absolute Gasteiger partial charge is 0.322 e. The Morgan fingerprint density at radius 3 is 2.39 bits per heavy atom. The molecule has 0 saturated heterocycles. The fraction of sp³-hybridized carbons (Fsp3) is 0.233. The van der Waals surface area contributed by atoms with Crippen molar-refractivity contribution in [2.24, 2.45) is 0 Å². The number of hydrogen-bond acceptors (Lipinski definition) is 3. The average molecular weight is 482 g/mol. The summed E-state index contributed by atoms with van der Waals surface area (Å²) in [4.78, 5) is 15.8. The maximum absolute atomic E-state index is 13.9. The van der Waals surface area contributed by atoms with E-state index in [1.165, 1.54) is 5.56 Å². The molecule has 0 radical (unpaired) electrons. The lowest BCUT2D eigenvalue weighted by Gasteiger charge is -2.31. The Labute approximate surface area is 212 Å². The van der Waals surface area contributed by atoms with Crippen molar-refractivity contribution in [1.82, 2.24) is 9.47 Å². The van der Waals surface area contributed by atoms with Crippen LogP contribution >= 0.6 is 0 Å². The van der Waals surface area contributed by atoms with Gasteiger partial charge in [0.05, 0.1) is 32.5 Å². The highest BCUT2D eigenvalue weighted by Crippen LogP contribution is 2.38. The summed E-state index contributed by atoms with van der Waals surface area (Å²) in [6.07, 6.45) is 2.07. The van der Waals surface area contributed by atoms with Gasteiger partial charge in [0.25, 0.3) is 0 Å². The summed E-state index contributed by atoms with van der Waals surface area (Å²) >= 11 is 0. The Hall–Kier alpha value is -4.19. The van der Waals surface area contributed by atoms with Crippen molar-refractivity contribution in [3.8, 4) is 17.2 Å². The maximum atomic E-state index is 13.9. The molecule has 1 atom stereocenters. The Kier molecular flexibility index (Phi) is 6.42. The van der Waals surface area contributed by atoms with Gasteiger partial charge >= 0.3 is 6.03 Å². The van der Waals surface area contributed by atoms with Gasteiger partial charge in [-0.05, 0) is 52.9 Å². The molecule has 0 unspecified atom stereocenters. The summed E-state index contributed by atoms with van der Waals surface area (Å²) in [6.45, 7) is 4.84. The molecule has 36 heavy (non-hydrogen) atoms. The molecule has 5 rings (SSSR count). The molecule has 1 aliphatic rings. The van der Waals surface area contributed by atoms with Gasteiger partial charge < -0.3 is 24.3 Å². The van der Waals surface area contributed by atoms with E-state index in [0.29, 0.717) is 29.6 Å². The summed E-state index contributed by atoms with van der Waals surface area (Å²) in [6, 6.07) is 25.9. The molecule has 0 fully saturated rings. The van der Waals surface area contributed by atoms with Crippen LogP contribution in [-0.4, -0.2) is 29.7 Å². The first kappa shape index (κ1) is 23.5. The van der Waals surface area contributed by atoms with Gasteiger partial charge in [0.15, 0.2) is 11.5 Å². The largest absolute Gasteiger partial charge is 0.493 e. The van der Waals surface area contributed by atoms with E-state index in [-0.39, 0.29) is 12.1 Å². The Balaban J connectivity index is 1.58. The first-order chi connectivity index (χ1) is 17.5. The summed E-state index contributed by atoms with van der Waals surface area (Å²) in [7, 11) is 3.18. The number of hydrogen-bond donors (Lipinski definition) is 1. The van der Waals surface area contributed by atoms with Crippen LogP contribution < -0.4 is 14.8 Å². The highest BCUT2D eigenvalue weighted by Gasteiger charge is 2.33. The highest BCUT2D eigenvalue weighted by molar-refractivity contribution is 5.90. The molecule has 1 N–H and O–H groups in total. The molecule has 0 spiro atoms. The van der Waals surface area contributed by atoms with E-state index in [1.54, 1.807) is 26.4 Å². The van der Waals surface area contributed by atoms with Crippen LogP contribution in [0.2, 0.25) is 0 Å². The number of nitrogens with zero attached hydrogens (tertiary/aromatic N) is 2. The first-order valence-electron chi connectivity index (χ1n) is 12.1. The summed E-state index contributed by atoms with van der Waals surface area (Å²) < 4.78 is 13.0. The summed E-state index contributed by atoms with van der Waals surface area (Å²) in [5.74, 6) is 1.61. The van der Waals surface area contributed by atoms with Gasteiger partial charge in [-0.15, -0.1) is 0 Å². The van der Waals surface area contributed by atoms with Crippen molar-refractivity contribution in [2.75, 3.05) is 19.5 Å². The van der Waals surface area contributed by atoms with Crippen LogP contribution in [0.15, 0.2) is 85.1 Å². The molecule has 1 aliphatic heterocycles.